The second kappa shape index (κ2) is 9.82. The van der Waals surface area contributed by atoms with Crippen LogP contribution in [0.15, 0.2) is 79.1 Å². The van der Waals surface area contributed by atoms with Gasteiger partial charge in [0.25, 0.3) is 5.91 Å². The van der Waals surface area contributed by atoms with E-state index in [0.29, 0.717) is 28.6 Å². The summed E-state index contributed by atoms with van der Waals surface area (Å²) in [4.78, 5) is 21.3. The van der Waals surface area contributed by atoms with Crippen LogP contribution in [0.25, 0.3) is 11.3 Å². The standard InChI is InChI=1S/C26H24N4O3/c1-17-4-6-18(7-5-17)22-15-25(28-16-27-22)29-20-10-8-19(9-11-20)26(31)30-21-12-13-23(32-2)24(14-21)33-3/h4-16H,1-3H3,(H,30,31)(H,27,28,29). The van der Waals surface area contributed by atoms with Crippen molar-refractivity contribution in [3.63, 3.8) is 0 Å². The van der Waals surface area contributed by atoms with Gasteiger partial charge in [-0.2, -0.15) is 0 Å². The minimum atomic E-state index is -0.225. The van der Waals surface area contributed by atoms with E-state index in [9.17, 15) is 4.79 Å². The molecule has 33 heavy (non-hydrogen) atoms. The van der Waals surface area contributed by atoms with Crippen LogP contribution in [0.3, 0.4) is 0 Å². The van der Waals surface area contributed by atoms with Crippen LogP contribution >= 0.6 is 0 Å². The second-order valence-corrected chi connectivity index (χ2v) is 7.38. The van der Waals surface area contributed by atoms with Gasteiger partial charge in [-0.25, -0.2) is 9.97 Å². The van der Waals surface area contributed by atoms with Crippen molar-refractivity contribution in [2.75, 3.05) is 24.9 Å². The fourth-order valence-corrected chi connectivity index (χ4v) is 3.28. The van der Waals surface area contributed by atoms with Crippen molar-refractivity contribution >= 4 is 23.1 Å². The first-order valence-electron chi connectivity index (χ1n) is 10.4. The number of nitrogens with one attached hydrogen (secondary N) is 2. The predicted octanol–water partition coefficient (Wildman–Crippen LogP) is 5.47. The molecule has 0 saturated carbocycles. The van der Waals surface area contributed by atoms with Gasteiger partial charge in [0.15, 0.2) is 11.5 Å². The molecule has 4 rings (SSSR count). The Labute approximate surface area is 192 Å². The number of amides is 1. The lowest BCUT2D eigenvalue weighted by Crippen LogP contribution is -2.12. The van der Waals surface area contributed by atoms with Crippen molar-refractivity contribution in [3.05, 3.63) is 90.3 Å². The van der Waals surface area contributed by atoms with Crippen LogP contribution in [0, 0.1) is 6.92 Å². The monoisotopic (exact) mass is 440 g/mol. The van der Waals surface area contributed by atoms with Crippen LogP contribution in [-0.2, 0) is 0 Å². The Balaban J connectivity index is 1.44. The molecule has 3 aromatic carbocycles. The van der Waals surface area contributed by atoms with Crippen molar-refractivity contribution in [3.8, 4) is 22.8 Å². The third-order valence-corrected chi connectivity index (χ3v) is 5.08. The average Bonchev–Trinajstić information content (AvgIpc) is 2.85. The first-order valence-corrected chi connectivity index (χ1v) is 10.4. The lowest BCUT2D eigenvalue weighted by Gasteiger charge is -2.11. The van der Waals surface area contributed by atoms with Gasteiger partial charge in [0.2, 0.25) is 0 Å². The van der Waals surface area contributed by atoms with Gasteiger partial charge in [0.1, 0.15) is 12.1 Å². The molecule has 166 valence electrons. The van der Waals surface area contributed by atoms with Gasteiger partial charge in [0, 0.05) is 34.6 Å². The minimum Gasteiger partial charge on any atom is -0.493 e. The summed E-state index contributed by atoms with van der Waals surface area (Å²) in [6, 6.07) is 22.4. The number of aryl methyl sites for hydroxylation is 1. The third-order valence-electron chi connectivity index (χ3n) is 5.08. The van der Waals surface area contributed by atoms with E-state index >= 15 is 0 Å². The highest BCUT2D eigenvalue weighted by atomic mass is 16.5. The average molecular weight is 441 g/mol. The Bertz CT molecular complexity index is 1260. The van der Waals surface area contributed by atoms with E-state index in [1.165, 1.54) is 11.9 Å². The van der Waals surface area contributed by atoms with Crippen LogP contribution in [0.1, 0.15) is 15.9 Å². The van der Waals surface area contributed by atoms with Crippen LogP contribution < -0.4 is 20.1 Å². The highest BCUT2D eigenvalue weighted by Gasteiger charge is 2.10. The molecule has 7 heteroatoms. The van der Waals surface area contributed by atoms with E-state index in [4.69, 9.17) is 9.47 Å². The van der Waals surface area contributed by atoms with Crippen LogP contribution in [0.5, 0.6) is 11.5 Å². The topological polar surface area (TPSA) is 85.4 Å². The number of methoxy groups -OCH3 is 2. The Morgan fingerprint density at radius 2 is 1.48 bits per heavy atom. The van der Waals surface area contributed by atoms with Crippen molar-refractivity contribution in [2.24, 2.45) is 0 Å². The molecule has 0 spiro atoms. The van der Waals surface area contributed by atoms with Gasteiger partial charge >= 0.3 is 0 Å². The van der Waals surface area contributed by atoms with Gasteiger partial charge < -0.3 is 20.1 Å². The fourth-order valence-electron chi connectivity index (χ4n) is 3.28. The number of nitrogens with zero attached hydrogens (tertiary/aromatic N) is 2. The van der Waals surface area contributed by atoms with Crippen LogP contribution in [-0.4, -0.2) is 30.1 Å². The molecule has 7 nitrogen and oxygen atoms in total. The number of hydrogen-bond donors (Lipinski definition) is 2. The number of benzene rings is 3. The predicted molar refractivity (Wildman–Crippen MR) is 129 cm³/mol. The highest BCUT2D eigenvalue weighted by Crippen LogP contribution is 2.30. The molecule has 2 N–H and O–H groups in total. The smallest absolute Gasteiger partial charge is 0.255 e. The lowest BCUT2D eigenvalue weighted by atomic mass is 10.1. The first kappa shape index (κ1) is 21.8. The van der Waals surface area contributed by atoms with Crippen molar-refractivity contribution in [2.45, 2.75) is 6.92 Å². The zero-order chi connectivity index (χ0) is 23.2. The number of anilines is 3. The molecule has 0 fully saturated rings. The molecule has 0 aliphatic heterocycles. The van der Waals surface area contributed by atoms with E-state index in [1.807, 2.05) is 30.3 Å². The van der Waals surface area contributed by atoms with E-state index < -0.39 is 0 Å². The molecular weight excluding hydrogens is 416 g/mol. The lowest BCUT2D eigenvalue weighted by molar-refractivity contribution is 0.102. The van der Waals surface area contributed by atoms with Crippen molar-refractivity contribution in [1.82, 2.24) is 9.97 Å². The molecule has 1 aromatic heterocycles. The summed E-state index contributed by atoms with van der Waals surface area (Å²) in [5, 5.41) is 6.12. The normalized spacial score (nSPS) is 10.4. The van der Waals surface area contributed by atoms with Crippen LogP contribution in [0.2, 0.25) is 0 Å². The summed E-state index contributed by atoms with van der Waals surface area (Å²) in [5.41, 5.74) is 5.00. The molecule has 0 atom stereocenters. The number of ether oxygens (including phenoxy) is 2. The zero-order valence-electron chi connectivity index (χ0n) is 18.6. The van der Waals surface area contributed by atoms with E-state index in [0.717, 1.165) is 16.9 Å². The molecule has 1 amide bonds. The molecule has 0 radical (unpaired) electrons. The number of carbonyl (C=O) groups excluding carboxylic acids is 1. The van der Waals surface area contributed by atoms with Gasteiger partial charge in [-0.05, 0) is 43.3 Å². The zero-order valence-corrected chi connectivity index (χ0v) is 18.6. The summed E-state index contributed by atoms with van der Waals surface area (Å²) in [6.45, 7) is 2.05. The second-order valence-electron chi connectivity index (χ2n) is 7.38. The molecule has 0 aliphatic rings. The maximum absolute atomic E-state index is 12.6. The largest absolute Gasteiger partial charge is 0.493 e. The molecule has 0 aliphatic carbocycles. The SMILES string of the molecule is COc1ccc(NC(=O)c2ccc(Nc3cc(-c4ccc(C)cc4)ncn3)cc2)cc1OC. The van der Waals surface area contributed by atoms with E-state index in [-0.39, 0.29) is 5.91 Å². The van der Waals surface area contributed by atoms with Crippen molar-refractivity contribution < 1.29 is 14.3 Å². The summed E-state index contributed by atoms with van der Waals surface area (Å²) in [6.07, 6.45) is 1.53. The summed E-state index contributed by atoms with van der Waals surface area (Å²) in [5.74, 6) is 1.59. The maximum Gasteiger partial charge on any atom is 0.255 e. The van der Waals surface area contributed by atoms with Crippen LogP contribution in [0.4, 0.5) is 17.2 Å². The minimum absolute atomic E-state index is 0.225. The van der Waals surface area contributed by atoms with Gasteiger partial charge in [-0.1, -0.05) is 29.8 Å². The summed E-state index contributed by atoms with van der Waals surface area (Å²) >= 11 is 0. The highest BCUT2D eigenvalue weighted by molar-refractivity contribution is 6.04. The first-order chi connectivity index (χ1) is 16.1. The Morgan fingerprint density at radius 1 is 0.788 bits per heavy atom. The van der Waals surface area contributed by atoms with Gasteiger partial charge in [0.05, 0.1) is 19.9 Å². The van der Waals surface area contributed by atoms with Gasteiger partial charge in [-0.15, -0.1) is 0 Å². The van der Waals surface area contributed by atoms with Crippen molar-refractivity contribution in [1.29, 1.82) is 0 Å². The van der Waals surface area contributed by atoms with E-state index in [1.54, 1.807) is 44.6 Å². The van der Waals surface area contributed by atoms with Gasteiger partial charge in [-0.3, -0.25) is 4.79 Å². The molecule has 4 aromatic rings. The summed E-state index contributed by atoms with van der Waals surface area (Å²) in [7, 11) is 3.12. The molecular formula is C26H24N4O3. The summed E-state index contributed by atoms with van der Waals surface area (Å²) < 4.78 is 10.5. The molecule has 0 unspecified atom stereocenters. The third kappa shape index (κ3) is 5.27. The Morgan fingerprint density at radius 3 is 2.18 bits per heavy atom. The fraction of sp³-hybridized carbons (Fsp3) is 0.115. The number of aromatic nitrogens is 2. The molecule has 0 bridgehead atoms. The Kier molecular flexibility index (Phi) is 6.50. The number of hydrogen-bond acceptors (Lipinski definition) is 6. The molecule has 1 heterocycles. The Hall–Kier alpha value is -4.39. The molecule has 0 saturated heterocycles. The quantitative estimate of drug-likeness (QED) is 0.397. The number of carbonyl (C=O) groups is 1. The maximum atomic E-state index is 12.6. The number of rotatable bonds is 7. The van der Waals surface area contributed by atoms with E-state index in [2.05, 4.69) is 39.7 Å².